The number of hydrogen-bond acceptors (Lipinski definition) is 6. The summed E-state index contributed by atoms with van der Waals surface area (Å²) in [6.07, 6.45) is 4.03. The largest absolute Gasteiger partial charge is 0.499 e. The van der Waals surface area contributed by atoms with Gasteiger partial charge in [0.1, 0.15) is 28.8 Å². The van der Waals surface area contributed by atoms with Crippen LogP contribution in [-0.4, -0.2) is 35.5 Å². The summed E-state index contributed by atoms with van der Waals surface area (Å²) in [5.41, 5.74) is 3.12. The van der Waals surface area contributed by atoms with Gasteiger partial charge in [0.05, 0.1) is 47.4 Å². The van der Waals surface area contributed by atoms with E-state index in [2.05, 4.69) is 24.3 Å². The quantitative estimate of drug-likeness (QED) is 0.395. The van der Waals surface area contributed by atoms with Gasteiger partial charge in [0.25, 0.3) is 0 Å². The average molecular weight is 474 g/mol. The van der Waals surface area contributed by atoms with Gasteiger partial charge in [-0.1, -0.05) is 24.3 Å². The molecule has 3 aromatic rings. The van der Waals surface area contributed by atoms with Crippen LogP contribution in [0.1, 0.15) is 23.0 Å². The van der Waals surface area contributed by atoms with Crippen LogP contribution in [0.15, 0.2) is 96.7 Å². The first-order valence-electron chi connectivity index (χ1n) is 11.3. The Kier molecular flexibility index (Phi) is 7.51. The molecule has 0 spiro atoms. The fourth-order valence-corrected chi connectivity index (χ4v) is 4.40. The van der Waals surface area contributed by atoms with Crippen molar-refractivity contribution in [2.45, 2.75) is 11.8 Å². The second-order valence-electron chi connectivity index (χ2n) is 8.08. The number of nitrogens with zero attached hydrogens (tertiary/aromatic N) is 1. The molecule has 2 atom stereocenters. The van der Waals surface area contributed by atoms with E-state index in [0.29, 0.717) is 0 Å². The molecule has 35 heavy (non-hydrogen) atoms. The van der Waals surface area contributed by atoms with Gasteiger partial charge in [0.15, 0.2) is 0 Å². The van der Waals surface area contributed by atoms with Gasteiger partial charge in [0, 0.05) is 18.1 Å². The molecule has 4 rings (SSSR count). The van der Waals surface area contributed by atoms with E-state index >= 15 is 0 Å². The van der Waals surface area contributed by atoms with Crippen LogP contribution in [0.2, 0.25) is 0 Å². The van der Waals surface area contributed by atoms with Gasteiger partial charge in [-0.05, 0) is 59.7 Å². The normalized spacial score (nSPS) is 17.6. The summed E-state index contributed by atoms with van der Waals surface area (Å²) < 4.78 is 28.2. The van der Waals surface area contributed by atoms with E-state index < -0.39 is 0 Å². The molecule has 0 aromatic heterocycles. The van der Waals surface area contributed by atoms with Gasteiger partial charge in [-0.15, -0.1) is 0 Å². The Hall–Kier alpha value is -4.06. The molecule has 1 aliphatic rings. The fraction of sp³-hybridized carbons (Fsp3) is 0.241. The van der Waals surface area contributed by atoms with Crippen molar-refractivity contribution in [1.82, 2.24) is 0 Å². The highest BCUT2D eigenvalue weighted by Gasteiger charge is 2.36. The minimum atomic E-state index is -0.145. The highest BCUT2D eigenvalue weighted by atomic mass is 16.5. The zero-order chi connectivity index (χ0) is 24.8. The van der Waals surface area contributed by atoms with Gasteiger partial charge < -0.3 is 28.6 Å². The number of ether oxygens (including phenoxy) is 5. The van der Waals surface area contributed by atoms with E-state index in [1.54, 1.807) is 35.5 Å². The first-order chi connectivity index (χ1) is 17.1. The standard InChI is InChI=1S/C29H31NO5/c1-31-23-12-6-20(7-13-23)28-26(34-4)18-30(22-10-16-25(33-3)17-11-22)19-27(35-5)29(28)21-8-14-24(32-2)15-9-21/h6-19,28-29H,1-5H3/t28-,29-/m1/s1. The molecule has 1 aliphatic heterocycles. The van der Waals surface area contributed by atoms with Crippen molar-refractivity contribution in [3.8, 4) is 17.2 Å². The third kappa shape index (κ3) is 5.06. The van der Waals surface area contributed by atoms with Gasteiger partial charge in [-0.25, -0.2) is 0 Å². The molecule has 1 heterocycles. The summed E-state index contributed by atoms with van der Waals surface area (Å²) in [4.78, 5) is 2.02. The van der Waals surface area contributed by atoms with Crippen molar-refractivity contribution in [3.05, 3.63) is 108 Å². The molecule has 0 unspecified atom stereocenters. The number of rotatable bonds is 8. The Morgan fingerprint density at radius 3 is 1.11 bits per heavy atom. The van der Waals surface area contributed by atoms with Crippen LogP contribution in [-0.2, 0) is 9.47 Å². The maximum atomic E-state index is 6.03. The molecule has 6 heteroatoms. The molecule has 0 N–H and O–H groups in total. The Labute approximate surface area is 207 Å². The minimum Gasteiger partial charge on any atom is -0.499 e. The van der Waals surface area contributed by atoms with Crippen LogP contribution in [0.4, 0.5) is 5.69 Å². The number of hydrogen-bond donors (Lipinski definition) is 0. The molecule has 6 nitrogen and oxygen atoms in total. The molecule has 0 saturated carbocycles. The zero-order valence-electron chi connectivity index (χ0n) is 20.7. The smallest absolute Gasteiger partial charge is 0.121 e. The van der Waals surface area contributed by atoms with E-state index in [1.807, 2.05) is 65.8 Å². The number of allylic oxidation sites excluding steroid dienone is 2. The van der Waals surface area contributed by atoms with Crippen molar-refractivity contribution < 1.29 is 23.7 Å². The van der Waals surface area contributed by atoms with Crippen LogP contribution >= 0.6 is 0 Å². The van der Waals surface area contributed by atoms with Crippen molar-refractivity contribution in [3.63, 3.8) is 0 Å². The first kappa shape index (κ1) is 24.1. The lowest BCUT2D eigenvalue weighted by atomic mass is 9.79. The maximum Gasteiger partial charge on any atom is 0.121 e. The monoisotopic (exact) mass is 473 g/mol. The predicted molar refractivity (Wildman–Crippen MR) is 137 cm³/mol. The van der Waals surface area contributed by atoms with Crippen LogP contribution in [0.25, 0.3) is 0 Å². The molecule has 0 bridgehead atoms. The summed E-state index contributed by atoms with van der Waals surface area (Å²) in [5, 5.41) is 0. The summed E-state index contributed by atoms with van der Waals surface area (Å²) in [5.74, 6) is 3.71. The molecule has 0 amide bonds. The third-order valence-corrected chi connectivity index (χ3v) is 6.27. The van der Waals surface area contributed by atoms with E-state index in [-0.39, 0.29) is 11.8 Å². The fourth-order valence-electron chi connectivity index (χ4n) is 4.40. The van der Waals surface area contributed by atoms with Gasteiger partial charge in [-0.2, -0.15) is 0 Å². The Morgan fingerprint density at radius 1 is 0.457 bits per heavy atom. The van der Waals surface area contributed by atoms with Crippen LogP contribution in [0, 0.1) is 0 Å². The summed E-state index contributed by atoms with van der Waals surface area (Å²) >= 11 is 0. The lowest BCUT2D eigenvalue weighted by Crippen LogP contribution is -2.17. The molecule has 0 fully saturated rings. The summed E-state index contributed by atoms with van der Waals surface area (Å²) in [6, 6.07) is 24.0. The zero-order valence-corrected chi connectivity index (χ0v) is 20.7. The Balaban J connectivity index is 1.89. The third-order valence-electron chi connectivity index (χ3n) is 6.27. The van der Waals surface area contributed by atoms with Gasteiger partial charge >= 0.3 is 0 Å². The van der Waals surface area contributed by atoms with Crippen molar-refractivity contribution >= 4 is 5.69 Å². The van der Waals surface area contributed by atoms with Crippen LogP contribution in [0.3, 0.4) is 0 Å². The second-order valence-corrected chi connectivity index (χ2v) is 8.08. The summed E-state index contributed by atoms with van der Waals surface area (Å²) in [6.45, 7) is 0. The van der Waals surface area contributed by atoms with E-state index in [0.717, 1.165) is 45.6 Å². The number of methoxy groups -OCH3 is 5. The first-order valence-corrected chi connectivity index (χ1v) is 11.3. The molecular formula is C29H31NO5. The molecule has 182 valence electrons. The SMILES string of the molecule is COC1=CN(c2ccc(OC)cc2)C=C(OC)[C@@H](c2ccc(OC)cc2)[C@@H]1c1ccc(OC)cc1. The van der Waals surface area contributed by atoms with Crippen molar-refractivity contribution in [2.75, 3.05) is 40.4 Å². The topological polar surface area (TPSA) is 49.4 Å². The van der Waals surface area contributed by atoms with Crippen LogP contribution < -0.4 is 19.1 Å². The molecule has 0 aliphatic carbocycles. The maximum absolute atomic E-state index is 6.03. The number of benzene rings is 3. The van der Waals surface area contributed by atoms with Crippen LogP contribution in [0.5, 0.6) is 17.2 Å². The van der Waals surface area contributed by atoms with E-state index in [1.165, 1.54) is 0 Å². The molecule has 3 aromatic carbocycles. The predicted octanol–water partition coefficient (Wildman–Crippen LogP) is 6.08. The molecular weight excluding hydrogens is 442 g/mol. The van der Waals surface area contributed by atoms with Crippen molar-refractivity contribution in [2.24, 2.45) is 0 Å². The highest BCUT2D eigenvalue weighted by Crippen LogP contribution is 2.46. The second kappa shape index (κ2) is 10.9. The van der Waals surface area contributed by atoms with Gasteiger partial charge in [0.2, 0.25) is 0 Å². The van der Waals surface area contributed by atoms with E-state index in [9.17, 15) is 0 Å². The number of anilines is 1. The lowest BCUT2D eigenvalue weighted by molar-refractivity contribution is 0.224. The Morgan fingerprint density at radius 2 is 0.800 bits per heavy atom. The van der Waals surface area contributed by atoms with Gasteiger partial charge in [-0.3, -0.25) is 0 Å². The van der Waals surface area contributed by atoms with E-state index in [4.69, 9.17) is 23.7 Å². The highest BCUT2D eigenvalue weighted by molar-refractivity contribution is 5.57. The van der Waals surface area contributed by atoms with Crippen molar-refractivity contribution in [1.29, 1.82) is 0 Å². The average Bonchev–Trinajstić information content (AvgIpc) is 3.10. The Bertz CT molecular complexity index is 1100. The molecule has 0 radical (unpaired) electrons. The molecule has 0 saturated heterocycles. The minimum absolute atomic E-state index is 0.145. The summed E-state index contributed by atoms with van der Waals surface area (Å²) in [7, 11) is 8.40. The lowest BCUT2D eigenvalue weighted by Gasteiger charge is -2.29.